The van der Waals surface area contributed by atoms with Crippen molar-refractivity contribution in [2.45, 2.75) is 19.6 Å². The van der Waals surface area contributed by atoms with Gasteiger partial charge in [-0.05, 0) is 42.0 Å². The van der Waals surface area contributed by atoms with Gasteiger partial charge in [0.15, 0.2) is 11.8 Å². The van der Waals surface area contributed by atoms with Crippen molar-refractivity contribution in [3.63, 3.8) is 0 Å². The van der Waals surface area contributed by atoms with Crippen molar-refractivity contribution in [3.8, 4) is 11.5 Å². The maximum atomic E-state index is 12.8. The first kappa shape index (κ1) is 20.8. The minimum atomic E-state index is -1.42. The first-order valence-corrected chi connectivity index (χ1v) is 9.38. The Morgan fingerprint density at radius 3 is 1.97 bits per heavy atom. The first-order valence-electron chi connectivity index (χ1n) is 9.38. The lowest BCUT2D eigenvalue weighted by Gasteiger charge is -2.16. The molecule has 1 unspecified atom stereocenters. The van der Waals surface area contributed by atoms with Gasteiger partial charge in [-0.25, -0.2) is 4.79 Å². The van der Waals surface area contributed by atoms with Gasteiger partial charge in [0.1, 0.15) is 18.1 Å². The predicted molar refractivity (Wildman–Crippen MR) is 111 cm³/mol. The number of rotatable bonds is 8. The van der Waals surface area contributed by atoms with Gasteiger partial charge < -0.3 is 14.8 Å². The molecule has 1 amide bonds. The summed E-state index contributed by atoms with van der Waals surface area (Å²) in [6, 6.07) is 23.2. The number of ether oxygens (including phenoxy) is 2. The second-order valence-electron chi connectivity index (χ2n) is 6.53. The number of amides is 1. The molecule has 3 aromatic rings. The maximum absolute atomic E-state index is 12.8. The van der Waals surface area contributed by atoms with Crippen molar-refractivity contribution in [2.24, 2.45) is 0 Å². The minimum Gasteiger partial charge on any atom is -0.459 e. The van der Waals surface area contributed by atoms with E-state index in [1.807, 2.05) is 48.5 Å². The molecule has 3 rings (SSSR count). The lowest BCUT2D eigenvalue weighted by atomic mass is 10.0. The number of para-hydroxylation sites is 1. The fourth-order valence-corrected chi connectivity index (χ4v) is 2.73. The molecule has 0 spiro atoms. The highest BCUT2D eigenvalue weighted by atomic mass is 16.5. The zero-order chi connectivity index (χ0) is 21.3. The van der Waals surface area contributed by atoms with E-state index < -0.39 is 23.7 Å². The van der Waals surface area contributed by atoms with E-state index in [9.17, 15) is 14.4 Å². The molecule has 30 heavy (non-hydrogen) atoms. The van der Waals surface area contributed by atoms with E-state index in [0.29, 0.717) is 11.5 Å². The average Bonchev–Trinajstić information content (AvgIpc) is 2.77. The highest BCUT2D eigenvalue weighted by Crippen LogP contribution is 2.21. The van der Waals surface area contributed by atoms with Gasteiger partial charge in [0.05, 0.1) is 0 Å². The zero-order valence-electron chi connectivity index (χ0n) is 16.4. The Kier molecular flexibility index (Phi) is 6.95. The molecule has 0 aliphatic rings. The van der Waals surface area contributed by atoms with Crippen LogP contribution in [0.25, 0.3) is 0 Å². The van der Waals surface area contributed by atoms with Crippen LogP contribution in [0.15, 0.2) is 84.9 Å². The van der Waals surface area contributed by atoms with Gasteiger partial charge in [-0.2, -0.15) is 0 Å². The topological polar surface area (TPSA) is 81.7 Å². The van der Waals surface area contributed by atoms with E-state index in [0.717, 1.165) is 5.56 Å². The van der Waals surface area contributed by atoms with Crippen LogP contribution in [0.5, 0.6) is 11.5 Å². The zero-order valence-corrected chi connectivity index (χ0v) is 16.4. The van der Waals surface area contributed by atoms with Crippen LogP contribution in [0.4, 0.5) is 0 Å². The highest BCUT2D eigenvalue weighted by Gasteiger charge is 2.30. The van der Waals surface area contributed by atoms with Crippen molar-refractivity contribution in [1.29, 1.82) is 0 Å². The predicted octanol–water partition coefficient (Wildman–Crippen LogP) is 3.91. The van der Waals surface area contributed by atoms with Gasteiger partial charge in [0.25, 0.3) is 0 Å². The van der Waals surface area contributed by atoms with Gasteiger partial charge in [0.2, 0.25) is 5.91 Å². The summed E-state index contributed by atoms with van der Waals surface area (Å²) in [6.07, 6.45) is 0. The second-order valence-corrected chi connectivity index (χ2v) is 6.53. The van der Waals surface area contributed by atoms with Crippen LogP contribution in [0.1, 0.15) is 22.8 Å². The summed E-state index contributed by atoms with van der Waals surface area (Å²) >= 11 is 0. The number of benzene rings is 3. The van der Waals surface area contributed by atoms with E-state index in [2.05, 4.69) is 5.32 Å². The van der Waals surface area contributed by atoms with Crippen LogP contribution in [0.2, 0.25) is 0 Å². The number of carbonyl (C=O) groups is 3. The number of ketones is 1. The summed E-state index contributed by atoms with van der Waals surface area (Å²) in [5.41, 5.74) is 1.04. The molecule has 6 nitrogen and oxygen atoms in total. The Labute approximate surface area is 174 Å². The molecule has 1 atom stereocenters. The number of hydrogen-bond donors (Lipinski definition) is 1. The minimum absolute atomic E-state index is 0.00684. The molecular weight excluding hydrogens is 382 g/mol. The Morgan fingerprint density at radius 2 is 1.37 bits per heavy atom. The molecule has 0 aromatic heterocycles. The molecule has 0 radical (unpaired) electrons. The molecule has 0 bridgehead atoms. The molecule has 0 aliphatic carbocycles. The standard InChI is InChI=1S/C24H21NO5/c1-17(26)25-22(24(28)29-16-18-8-4-2-5-9-18)23(27)19-12-14-21(15-13-19)30-20-10-6-3-7-11-20/h2-15,22H,16H2,1H3,(H,25,26). The van der Waals surface area contributed by atoms with E-state index in [4.69, 9.17) is 9.47 Å². The number of carbonyl (C=O) groups excluding carboxylic acids is 3. The van der Waals surface area contributed by atoms with Gasteiger partial charge in [-0.3, -0.25) is 9.59 Å². The molecule has 0 saturated carbocycles. The number of esters is 1. The van der Waals surface area contributed by atoms with Gasteiger partial charge in [-0.1, -0.05) is 48.5 Å². The molecule has 0 heterocycles. The molecule has 3 aromatic carbocycles. The highest BCUT2D eigenvalue weighted by molar-refractivity contribution is 6.13. The summed E-state index contributed by atoms with van der Waals surface area (Å²) in [5, 5.41) is 2.37. The normalized spacial score (nSPS) is 11.2. The van der Waals surface area contributed by atoms with Crippen LogP contribution < -0.4 is 10.1 Å². The summed E-state index contributed by atoms with van der Waals surface area (Å²) in [7, 11) is 0. The van der Waals surface area contributed by atoms with E-state index >= 15 is 0 Å². The number of nitrogens with one attached hydrogen (secondary N) is 1. The summed E-state index contributed by atoms with van der Waals surface area (Å²) < 4.78 is 10.9. The van der Waals surface area contributed by atoms with Crippen LogP contribution in [-0.2, 0) is 20.9 Å². The molecular formula is C24H21NO5. The van der Waals surface area contributed by atoms with Crippen LogP contribution in [0.3, 0.4) is 0 Å². The SMILES string of the molecule is CC(=O)NC(C(=O)OCc1ccccc1)C(=O)c1ccc(Oc2ccccc2)cc1. The molecule has 0 fully saturated rings. The smallest absolute Gasteiger partial charge is 0.337 e. The number of hydrogen-bond acceptors (Lipinski definition) is 5. The van der Waals surface area contributed by atoms with Crippen LogP contribution in [0, 0.1) is 0 Å². The van der Waals surface area contributed by atoms with Crippen molar-refractivity contribution >= 4 is 17.7 Å². The second kappa shape index (κ2) is 10.0. The van der Waals surface area contributed by atoms with E-state index in [1.165, 1.54) is 6.92 Å². The quantitative estimate of drug-likeness (QED) is 0.350. The fraction of sp³-hybridized carbons (Fsp3) is 0.125. The lowest BCUT2D eigenvalue weighted by molar-refractivity contribution is -0.147. The molecule has 6 heteroatoms. The molecule has 0 aliphatic heterocycles. The van der Waals surface area contributed by atoms with Gasteiger partial charge in [0, 0.05) is 12.5 Å². The molecule has 0 saturated heterocycles. The summed E-state index contributed by atoms with van der Waals surface area (Å²) in [6.45, 7) is 1.24. The van der Waals surface area contributed by atoms with Crippen LogP contribution in [-0.4, -0.2) is 23.7 Å². The third kappa shape index (κ3) is 5.78. The third-order valence-corrected chi connectivity index (χ3v) is 4.19. The van der Waals surface area contributed by atoms with Gasteiger partial charge in [-0.15, -0.1) is 0 Å². The van der Waals surface area contributed by atoms with E-state index in [-0.39, 0.29) is 12.2 Å². The lowest BCUT2D eigenvalue weighted by Crippen LogP contribution is -2.46. The largest absolute Gasteiger partial charge is 0.459 e. The summed E-state index contributed by atoms with van der Waals surface area (Å²) in [5.74, 6) is -0.676. The molecule has 1 N–H and O–H groups in total. The Morgan fingerprint density at radius 1 is 0.800 bits per heavy atom. The van der Waals surface area contributed by atoms with E-state index in [1.54, 1.807) is 36.4 Å². The summed E-state index contributed by atoms with van der Waals surface area (Å²) in [4.78, 5) is 36.9. The van der Waals surface area contributed by atoms with Crippen molar-refractivity contribution in [2.75, 3.05) is 0 Å². The Bertz CT molecular complexity index is 1000. The van der Waals surface area contributed by atoms with Crippen molar-refractivity contribution in [1.82, 2.24) is 5.32 Å². The fourth-order valence-electron chi connectivity index (χ4n) is 2.73. The first-order chi connectivity index (χ1) is 14.5. The van der Waals surface area contributed by atoms with Crippen molar-refractivity contribution < 1.29 is 23.9 Å². The maximum Gasteiger partial charge on any atom is 0.337 e. The van der Waals surface area contributed by atoms with Crippen molar-refractivity contribution in [3.05, 3.63) is 96.1 Å². The Balaban J connectivity index is 1.69. The van der Waals surface area contributed by atoms with Gasteiger partial charge >= 0.3 is 5.97 Å². The molecule has 152 valence electrons. The van der Waals surface area contributed by atoms with Crippen LogP contribution >= 0.6 is 0 Å². The third-order valence-electron chi connectivity index (χ3n) is 4.19. The average molecular weight is 403 g/mol. The Hall–Kier alpha value is -3.93. The monoisotopic (exact) mass is 403 g/mol. The number of Topliss-reactive ketones (excluding diaryl/α,β-unsaturated/α-hetero) is 1.